The molecule has 1 fully saturated rings. The molecule has 1 aliphatic heterocycles. The molecule has 1 amide bonds. The Morgan fingerprint density at radius 2 is 2.29 bits per heavy atom. The van der Waals surface area contributed by atoms with E-state index in [1.165, 1.54) is 25.7 Å². The second-order valence-electron chi connectivity index (χ2n) is 4.00. The number of carbonyl (C=O) groups excluding carboxylic acids is 1. The first kappa shape index (κ1) is 11.5. The van der Waals surface area contributed by atoms with Gasteiger partial charge in [-0.15, -0.1) is 0 Å². The zero-order valence-corrected chi connectivity index (χ0v) is 9.14. The van der Waals surface area contributed by atoms with Gasteiger partial charge in [-0.3, -0.25) is 4.79 Å². The van der Waals surface area contributed by atoms with E-state index in [0.29, 0.717) is 0 Å². The average molecular weight is 198 g/mol. The highest BCUT2D eigenvalue weighted by Gasteiger charge is 2.19. The predicted molar refractivity (Wildman–Crippen MR) is 58.2 cm³/mol. The Labute approximate surface area is 86.6 Å². The van der Waals surface area contributed by atoms with Crippen molar-refractivity contribution in [2.45, 2.75) is 51.5 Å². The minimum Gasteiger partial charge on any atom is -0.355 e. The lowest BCUT2D eigenvalue weighted by atomic mass is 10.0. The minimum absolute atomic E-state index is 0.0744. The van der Waals surface area contributed by atoms with Gasteiger partial charge in [-0.2, -0.15) is 0 Å². The maximum Gasteiger partial charge on any atom is 0.237 e. The molecule has 0 bridgehead atoms. The van der Waals surface area contributed by atoms with Crippen molar-refractivity contribution in [2.75, 3.05) is 13.1 Å². The molecule has 0 unspecified atom stereocenters. The van der Waals surface area contributed by atoms with Crippen LogP contribution >= 0.6 is 0 Å². The van der Waals surface area contributed by atoms with Gasteiger partial charge >= 0.3 is 0 Å². The largest absolute Gasteiger partial charge is 0.355 e. The van der Waals surface area contributed by atoms with E-state index in [1.54, 1.807) is 0 Å². The fraction of sp³-hybridized carbons (Fsp3) is 0.909. The number of amides is 1. The molecule has 1 rings (SSSR count). The maximum absolute atomic E-state index is 11.6. The molecule has 14 heavy (non-hydrogen) atoms. The SMILES string of the molecule is CCCCCNC(=O)[C@@H]1CCCCN1. The predicted octanol–water partition coefficient (Wildman–Crippen LogP) is 1.43. The van der Waals surface area contributed by atoms with Crippen LogP contribution in [0.3, 0.4) is 0 Å². The van der Waals surface area contributed by atoms with Crippen molar-refractivity contribution in [2.24, 2.45) is 0 Å². The van der Waals surface area contributed by atoms with Gasteiger partial charge in [-0.1, -0.05) is 26.2 Å². The number of unbranched alkanes of at least 4 members (excludes halogenated alkanes) is 2. The Morgan fingerprint density at radius 1 is 1.43 bits per heavy atom. The van der Waals surface area contributed by atoms with Crippen LogP contribution in [0.4, 0.5) is 0 Å². The monoisotopic (exact) mass is 198 g/mol. The van der Waals surface area contributed by atoms with E-state index in [4.69, 9.17) is 0 Å². The number of nitrogens with one attached hydrogen (secondary N) is 2. The Kier molecular flexibility index (Phi) is 5.60. The smallest absolute Gasteiger partial charge is 0.237 e. The molecule has 1 atom stereocenters. The summed E-state index contributed by atoms with van der Waals surface area (Å²) >= 11 is 0. The fourth-order valence-corrected chi connectivity index (χ4v) is 1.79. The Hall–Kier alpha value is -0.570. The molecule has 2 N–H and O–H groups in total. The lowest BCUT2D eigenvalue weighted by Crippen LogP contribution is -2.46. The van der Waals surface area contributed by atoms with Crippen molar-refractivity contribution < 1.29 is 4.79 Å². The third-order valence-electron chi connectivity index (χ3n) is 2.71. The van der Waals surface area contributed by atoms with Crippen LogP contribution in [-0.4, -0.2) is 25.0 Å². The first-order chi connectivity index (χ1) is 6.84. The molecule has 0 saturated carbocycles. The highest BCUT2D eigenvalue weighted by Crippen LogP contribution is 2.06. The molecule has 0 aromatic heterocycles. The Morgan fingerprint density at radius 3 is 2.93 bits per heavy atom. The molecule has 1 aliphatic rings. The molecule has 3 nitrogen and oxygen atoms in total. The molecular formula is C11H22N2O. The fourth-order valence-electron chi connectivity index (χ4n) is 1.79. The van der Waals surface area contributed by atoms with Crippen molar-refractivity contribution in [3.8, 4) is 0 Å². The van der Waals surface area contributed by atoms with Gasteiger partial charge in [-0.05, 0) is 25.8 Å². The zero-order chi connectivity index (χ0) is 10.2. The topological polar surface area (TPSA) is 41.1 Å². The molecule has 0 aromatic carbocycles. The number of piperidine rings is 1. The minimum atomic E-state index is 0.0744. The first-order valence-corrected chi connectivity index (χ1v) is 5.85. The Balaban J connectivity index is 2.07. The second kappa shape index (κ2) is 6.82. The van der Waals surface area contributed by atoms with Gasteiger partial charge in [0, 0.05) is 6.54 Å². The highest BCUT2D eigenvalue weighted by molar-refractivity contribution is 5.81. The van der Waals surface area contributed by atoms with E-state index in [-0.39, 0.29) is 11.9 Å². The normalized spacial score (nSPS) is 21.9. The van der Waals surface area contributed by atoms with Crippen molar-refractivity contribution >= 4 is 5.91 Å². The molecule has 0 spiro atoms. The van der Waals surface area contributed by atoms with E-state index >= 15 is 0 Å². The lowest BCUT2D eigenvalue weighted by Gasteiger charge is -2.22. The van der Waals surface area contributed by atoms with Crippen molar-refractivity contribution in [3.63, 3.8) is 0 Å². The number of carbonyl (C=O) groups is 1. The van der Waals surface area contributed by atoms with E-state index in [1.807, 2.05) is 0 Å². The lowest BCUT2D eigenvalue weighted by molar-refractivity contribution is -0.123. The van der Waals surface area contributed by atoms with Crippen molar-refractivity contribution in [1.82, 2.24) is 10.6 Å². The van der Waals surface area contributed by atoms with Crippen LogP contribution in [0.5, 0.6) is 0 Å². The van der Waals surface area contributed by atoms with Gasteiger partial charge in [0.05, 0.1) is 6.04 Å². The summed E-state index contributed by atoms with van der Waals surface area (Å²) in [5, 5.41) is 6.23. The molecular weight excluding hydrogens is 176 g/mol. The third kappa shape index (κ3) is 4.09. The molecule has 1 saturated heterocycles. The van der Waals surface area contributed by atoms with Gasteiger partial charge in [0.25, 0.3) is 0 Å². The maximum atomic E-state index is 11.6. The van der Waals surface area contributed by atoms with Crippen LogP contribution in [0.2, 0.25) is 0 Å². The number of hydrogen-bond acceptors (Lipinski definition) is 2. The van der Waals surface area contributed by atoms with Crippen molar-refractivity contribution in [1.29, 1.82) is 0 Å². The molecule has 82 valence electrons. The summed E-state index contributed by atoms with van der Waals surface area (Å²) in [6, 6.07) is 0.0744. The van der Waals surface area contributed by atoms with Crippen LogP contribution < -0.4 is 10.6 Å². The summed E-state index contributed by atoms with van der Waals surface area (Å²) in [5.74, 6) is 0.195. The van der Waals surface area contributed by atoms with Crippen LogP contribution in [-0.2, 0) is 4.79 Å². The summed E-state index contributed by atoms with van der Waals surface area (Å²) in [6.07, 6.45) is 6.91. The molecule has 3 heteroatoms. The highest BCUT2D eigenvalue weighted by atomic mass is 16.2. The van der Waals surface area contributed by atoms with Crippen molar-refractivity contribution in [3.05, 3.63) is 0 Å². The number of rotatable bonds is 5. The van der Waals surface area contributed by atoms with Gasteiger partial charge in [0.1, 0.15) is 0 Å². The van der Waals surface area contributed by atoms with E-state index in [2.05, 4.69) is 17.6 Å². The van der Waals surface area contributed by atoms with E-state index in [9.17, 15) is 4.79 Å². The summed E-state index contributed by atoms with van der Waals surface area (Å²) < 4.78 is 0. The van der Waals surface area contributed by atoms with Gasteiger partial charge < -0.3 is 10.6 Å². The Bertz CT molecular complexity index is 165. The summed E-state index contributed by atoms with van der Waals surface area (Å²) in [5.41, 5.74) is 0. The van der Waals surface area contributed by atoms with E-state index < -0.39 is 0 Å². The number of hydrogen-bond donors (Lipinski definition) is 2. The quantitative estimate of drug-likeness (QED) is 0.656. The molecule has 0 radical (unpaired) electrons. The van der Waals surface area contributed by atoms with Crippen LogP contribution in [0.1, 0.15) is 45.4 Å². The first-order valence-electron chi connectivity index (χ1n) is 5.85. The van der Waals surface area contributed by atoms with Crippen LogP contribution in [0.15, 0.2) is 0 Å². The summed E-state index contributed by atoms with van der Waals surface area (Å²) in [6.45, 7) is 4.00. The van der Waals surface area contributed by atoms with E-state index in [0.717, 1.165) is 25.9 Å². The summed E-state index contributed by atoms with van der Waals surface area (Å²) in [7, 11) is 0. The molecule has 0 aromatic rings. The third-order valence-corrected chi connectivity index (χ3v) is 2.71. The standard InChI is InChI=1S/C11H22N2O/c1-2-3-5-9-13-11(14)10-7-4-6-8-12-10/h10,12H,2-9H2,1H3,(H,13,14)/t10-/m0/s1. The molecule has 0 aliphatic carbocycles. The summed E-state index contributed by atoms with van der Waals surface area (Å²) in [4.78, 5) is 11.6. The van der Waals surface area contributed by atoms with Crippen LogP contribution in [0, 0.1) is 0 Å². The zero-order valence-electron chi connectivity index (χ0n) is 9.14. The average Bonchev–Trinajstić information content (AvgIpc) is 2.25. The second-order valence-corrected chi connectivity index (χ2v) is 4.00. The van der Waals surface area contributed by atoms with Gasteiger partial charge in [-0.25, -0.2) is 0 Å². The molecule has 1 heterocycles. The van der Waals surface area contributed by atoms with Gasteiger partial charge in [0.2, 0.25) is 5.91 Å². The van der Waals surface area contributed by atoms with Crippen LogP contribution in [0.25, 0.3) is 0 Å². The van der Waals surface area contributed by atoms with Gasteiger partial charge in [0.15, 0.2) is 0 Å².